The van der Waals surface area contributed by atoms with Gasteiger partial charge in [0.05, 0.1) is 11.1 Å². The number of nitrogens with zero attached hydrogens (tertiary/aromatic N) is 1. The Bertz CT molecular complexity index is 1100. The molecule has 31 heavy (non-hydrogen) atoms. The molecular weight excluding hydrogens is 388 g/mol. The van der Waals surface area contributed by atoms with Crippen LogP contribution < -0.4 is 4.74 Å². The number of aryl methyl sites for hydroxylation is 1. The summed E-state index contributed by atoms with van der Waals surface area (Å²) in [5, 5.41) is 10.5. The van der Waals surface area contributed by atoms with Crippen LogP contribution in [0.25, 0.3) is 10.9 Å². The summed E-state index contributed by atoms with van der Waals surface area (Å²) in [5.74, 6) is 0.958. The number of fused-ring (bicyclic) bond motifs is 1. The predicted molar refractivity (Wildman–Crippen MR) is 122 cm³/mol. The van der Waals surface area contributed by atoms with Crippen LogP contribution in [-0.4, -0.2) is 47.2 Å². The van der Waals surface area contributed by atoms with E-state index in [2.05, 4.69) is 36.0 Å². The van der Waals surface area contributed by atoms with E-state index in [1.807, 2.05) is 18.3 Å². The molecule has 0 amide bonds. The number of hydrogen-bond donors (Lipinski definition) is 2. The Hall–Kier alpha value is -2.79. The van der Waals surface area contributed by atoms with Crippen LogP contribution in [0.2, 0.25) is 0 Å². The van der Waals surface area contributed by atoms with E-state index in [1.165, 1.54) is 29.4 Å². The summed E-state index contributed by atoms with van der Waals surface area (Å²) < 4.78 is 6.92. The van der Waals surface area contributed by atoms with Crippen molar-refractivity contribution in [2.45, 2.75) is 50.5 Å². The fraction of sp³-hybridized carbons (Fsp3) is 0.423. The van der Waals surface area contributed by atoms with E-state index in [1.54, 1.807) is 12.1 Å². The lowest BCUT2D eigenvalue weighted by Gasteiger charge is -2.29. The van der Waals surface area contributed by atoms with Crippen LogP contribution >= 0.6 is 0 Å². The summed E-state index contributed by atoms with van der Waals surface area (Å²) in [6.07, 6.45) is 6.60. The van der Waals surface area contributed by atoms with Crippen molar-refractivity contribution in [2.24, 2.45) is 0 Å². The number of likely N-dealkylation sites (N-methyl/N-ethyl adjacent to an activating group) is 1. The van der Waals surface area contributed by atoms with E-state index in [-0.39, 0.29) is 12.0 Å². The number of H-pyrrole nitrogens is 1. The Morgan fingerprint density at radius 3 is 2.65 bits per heavy atom. The number of likely N-dealkylation sites (tertiary alicyclic amines) is 1. The third-order valence-corrected chi connectivity index (χ3v) is 6.88. The topological polar surface area (TPSA) is 65.6 Å². The van der Waals surface area contributed by atoms with Crippen LogP contribution in [-0.2, 0) is 0 Å². The lowest BCUT2D eigenvalue weighted by atomic mass is 9.90. The van der Waals surface area contributed by atoms with Crippen LogP contribution in [0.4, 0.5) is 0 Å². The highest BCUT2D eigenvalue weighted by Crippen LogP contribution is 2.48. The Labute approximate surface area is 183 Å². The van der Waals surface area contributed by atoms with E-state index < -0.39 is 5.97 Å². The second-order valence-corrected chi connectivity index (χ2v) is 9.25. The zero-order chi connectivity index (χ0) is 21.5. The van der Waals surface area contributed by atoms with Crippen molar-refractivity contribution < 1.29 is 14.6 Å². The number of hydrogen-bond acceptors (Lipinski definition) is 3. The molecule has 162 valence electrons. The number of nitrogens with one attached hydrogen (secondary N) is 1. The van der Waals surface area contributed by atoms with Gasteiger partial charge in [-0.2, -0.15) is 0 Å². The van der Waals surface area contributed by atoms with Gasteiger partial charge in [0.2, 0.25) is 0 Å². The Morgan fingerprint density at radius 1 is 1.16 bits per heavy atom. The maximum absolute atomic E-state index is 11.3. The molecule has 1 aliphatic carbocycles. The molecule has 1 saturated carbocycles. The molecule has 2 aliphatic rings. The minimum atomic E-state index is -0.888. The molecule has 1 aromatic heterocycles. The SMILES string of the molecule is Cc1cc(C2CC2)c(O[C@@H]2CCCN(C)C[C@H]2c2ccc(C(=O)O)cc2)c2cc[nH]c12. The largest absolute Gasteiger partial charge is 0.489 e. The van der Waals surface area contributed by atoms with Gasteiger partial charge in [0.1, 0.15) is 11.9 Å². The van der Waals surface area contributed by atoms with Crippen molar-refractivity contribution in [3.63, 3.8) is 0 Å². The van der Waals surface area contributed by atoms with E-state index in [0.29, 0.717) is 11.5 Å². The van der Waals surface area contributed by atoms with Gasteiger partial charge in [0, 0.05) is 24.0 Å². The second-order valence-electron chi connectivity index (χ2n) is 9.25. The minimum absolute atomic E-state index is 0.0546. The van der Waals surface area contributed by atoms with E-state index in [4.69, 9.17) is 4.74 Å². The number of aromatic nitrogens is 1. The quantitative estimate of drug-likeness (QED) is 0.589. The van der Waals surface area contributed by atoms with E-state index >= 15 is 0 Å². The lowest BCUT2D eigenvalue weighted by molar-refractivity contribution is 0.0697. The summed E-state index contributed by atoms with van der Waals surface area (Å²) in [6.45, 7) is 4.12. The molecule has 5 rings (SSSR count). The molecule has 0 radical (unpaired) electrons. The molecule has 5 nitrogen and oxygen atoms in total. The maximum atomic E-state index is 11.3. The molecular formula is C26H30N2O3. The fourth-order valence-electron chi connectivity index (χ4n) is 5.03. The molecule has 0 spiro atoms. The summed E-state index contributed by atoms with van der Waals surface area (Å²) >= 11 is 0. The van der Waals surface area contributed by atoms with Gasteiger partial charge in [-0.25, -0.2) is 4.79 Å². The monoisotopic (exact) mass is 418 g/mol. The number of benzene rings is 2. The van der Waals surface area contributed by atoms with Crippen molar-refractivity contribution >= 4 is 16.9 Å². The molecule has 1 saturated heterocycles. The zero-order valence-electron chi connectivity index (χ0n) is 18.2. The smallest absolute Gasteiger partial charge is 0.335 e. The number of ether oxygens (including phenoxy) is 1. The van der Waals surface area contributed by atoms with Crippen LogP contribution in [0.1, 0.15) is 64.6 Å². The summed E-state index contributed by atoms with van der Waals surface area (Å²) in [7, 11) is 2.16. The third-order valence-electron chi connectivity index (χ3n) is 6.88. The highest BCUT2D eigenvalue weighted by atomic mass is 16.5. The first-order valence-electron chi connectivity index (χ1n) is 11.3. The average molecular weight is 419 g/mol. The van der Waals surface area contributed by atoms with Gasteiger partial charge in [0.25, 0.3) is 0 Å². The van der Waals surface area contributed by atoms with Crippen molar-refractivity contribution in [2.75, 3.05) is 20.1 Å². The standard InChI is InChI=1S/C26H30N2O3/c1-16-14-21(17-5-6-17)25(20-11-12-27-24(16)20)31-23-4-3-13-28(2)15-22(23)18-7-9-19(10-8-18)26(29)30/h7-12,14,17,22-23,27H,3-6,13,15H2,1-2H3,(H,29,30)/t22-,23+/m0/s1. The van der Waals surface area contributed by atoms with Crippen molar-refractivity contribution in [3.05, 3.63) is 64.8 Å². The number of rotatable bonds is 5. The van der Waals surface area contributed by atoms with Crippen molar-refractivity contribution in [1.29, 1.82) is 0 Å². The average Bonchev–Trinajstić information content (AvgIpc) is 3.51. The molecule has 3 aromatic rings. The molecule has 2 atom stereocenters. The second kappa shape index (κ2) is 8.04. The van der Waals surface area contributed by atoms with Gasteiger partial charge in [-0.15, -0.1) is 0 Å². The Morgan fingerprint density at radius 2 is 1.94 bits per heavy atom. The van der Waals surface area contributed by atoms with Gasteiger partial charge >= 0.3 is 5.97 Å². The molecule has 0 unspecified atom stereocenters. The maximum Gasteiger partial charge on any atom is 0.335 e. The van der Waals surface area contributed by atoms with Gasteiger partial charge in [-0.3, -0.25) is 0 Å². The first-order valence-corrected chi connectivity index (χ1v) is 11.3. The first kappa shape index (κ1) is 20.1. The van der Waals surface area contributed by atoms with Gasteiger partial charge in [0.15, 0.2) is 0 Å². The Kier molecular flexibility index (Phi) is 5.22. The molecule has 2 N–H and O–H groups in total. The molecule has 2 heterocycles. The normalized spacial score (nSPS) is 22.4. The number of aromatic amines is 1. The predicted octanol–water partition coefficient (Wildman–Crippen LogP) is 5.31. The Balaban J connectivity index is 1.53. The summed E-state index contributed by atoms with van der Waals surface area (Å²) in [6, 6.07) is 11.8. The van der Waals surface area contributed by atoms with E-state index in [0.717, 1.165) is 42.8 Å². The third kappa shape index (κ3) is 3.94. The number of carboxylic acid groups (broad SMARTS) is 1. The highest BCUT2D eigenvalue weighted by Gasteiger charge is 2.33. The van der Waals surface area contributed by atoms with Crippen LogP contribution in [0, 0.1) is 6.92 Å². The molecule has 0 bridgehead atoms. The van der Waals surface area contributed by atoms with Crippen LogP contribution in [0.3, 0.4) is 0 Å². The van der Waals surface area contributed by atoms with E-state index in [9.17, 15) is 9.90 Å². The zero-order valence-corrected chi connectivity index (χ0v) is 18.2. The number of carboxylic acids is 1. The fourth-order valence-corrected chi connectivity index (χ4v) is 5.03. The first-order chi connectivity index (χ1) is 15.0. The minimum Gasteiger partial charge on any atom is -0.489 e. The lowest BCUT2D eigenvalue weighted by Crippen LogP contribution is -2.31. The van der Waals surface area contributed by atoms with Gasteiger partial charge < -0.3 is 19.7 Å². The molecule has 5 heteroatoms. The molecule has 1 aliphatic heterocycles. The van der Waals surface area contributed by atoms with Crippen LogP contribution in [0.5, 0.6) is 5.75 Å². The number of carbonyl (C=O) groups is 1. The van der Waals surface area contributed by atoms with Gasteiger partial charge in [-0.05, 0) is 87.0 Å². The highest BCUT2D eigenvalue weighted by molar-refractivity contribution is 5.90. The van der Waals surface area contributed by atoms with Crippen molar-refractivity contribution in [1.82, 2.24) is 9.88 Å². The molecule has 2 aromatic carbocycles. The van der Waals surface area contributed by atoms with Crippen molar-refractivity contribution in [3.8, 4) is 5.75 Å². The van der Waals surface area contributed by atoms with Crippen LogP contribution in [0.15, 0.2) is 42.6 Å². The number of aromatic carboxylic acids is 1. The van der Waals surface area contributed by atoms with Gasteiger partial charge in [-0.1, -0.05) is 18.2 Å². The summed E-state index contributed by atoms with van der Waals surface area (Å²) in [5.41, 5.74) is 5.26. The molecule has 2 fully saturated rings. The summed E-state index contributed by atoms with van der Waals surface area (Å²) in [4.78, 5) is 17.0.